The second-order valence-corrected chi connectivity index (χ2v) is 4.53. The highest BCUT2D eigenvalue weighted by Crippen LogP contribution is 2.49. The molecule has 0 aliphatic heterocycles. The molecular formula is C10H15F5O. The van der Waals surface area contributed by atoms with Gasteiger partial charge in [0.05, 0.1) is 0 Å². The van der Waals surface area contributed by atoms with Crippen LogP contribution in [0.2, 0.25) is 0 Å². The number of hydrogen-bond acceptors (Lipinski definition) is 1. The highest BCUT2D eigenvalue weighted by Gasteiger charge is 2.67. The summed E-state index contributed by atoms with van der Waals surface area (Å²) in [5.41, 5.74) is -3.94. The average Bonchev–Trinajstić information content (AvgIpc) is 2.17. The lowest BCUT2D eigenvalue weighted by Crippen LogP contribution is -2.59. The van der Waals surface area contributed by atoms with E-state index in [2.05, 4.69) is 0 Å². The zero-order chi connectivity index (χ0) is 12.6. The van der Waals surface area contributed by atoms with Crippen LogP contribution in [0.4, 0.5) is 22.0 Å². The van der Waals surface area contributed by atoms with Crippen molar-refractivity contribution in [3.8, 4) is 0 Å². The molecule has 0 amide bonds. The molecule has 0 radical (unpaired) electrons. The second kappa shape index (κ2) is 4.13. The lowest BCUT2D eigenvalue weighted by atomic mass is 9.78. The summed E-state index contributed by atoms with van der Waals surface area (Å²) in [5.74, 6) is -5.50. The summed E-state index contributed by atoms with van der Waals surface area (Å²) < 4.78 is 64.3. The summed E-state index contributed by atoms with van der Waals surface area (Å²) in [6.07, 6.45) is -3.48. The van der Waals surface area contributed by atoms with Crippen LogP contribution in [0.3, 0.4) is 0 Å². The van der Waals surface area contributed by atoms with Crippen LogP contribution in [0.5, 0.6) is 0 Å². The van der Waals surface area contributed by atoms with Crippen molar-refractivity contribution in [3.05, 3.63) is 0 Å². The maximum Gasteiger partial charge on any atom is 0.422 e. The molecule has 0 spiro atoms. The predicted molar refractivity (Wildman–Crippen MR) is 48.2 cm³/mol. The van der Waals surface area contributed by atoms with Gasteiger partial charge >= 0.3 is 6.18 Å². The van der Waals surface area contributed by atoms with Crippen molar-refractivity contribution in [1.82, 2.24) is 0 Å². The molecule has 1 aliphatic rings. The molecule has 0 saturated heterocycles. The van der Waals surface area contributed by atoms with Crippen molar-refractivity contribution in [2.75, 3.05) is 0 Å². The van der Waals surface area contributed by atoms with E-state index in [1.165, 1.54) is 0 Å². The fraction of sp³-hybridized carbons (Fsp3) is 1.00. The van der Waals surface area contributed by atoms with Crippen molar-refractivity contribution in [2.45, 2.75) is 56.7 Å². The molecule has 1 fully saturated rings. The Balaban J connectivity index is 2.90. The number of hydrogen-bond donors (Lipinski definition) is 1. The molecule has 1 unspecified atom stereocenters. The van der Waals surface area contributed by atoms with E-state index < -0.39 is 23.6 Å². The molecule has 0 heterocycles. The highest BCUT2D eigenvalue weighted by atomic mass is 19.4. The zero-order valence-corrected chi connectivity index (χ0v) is 8.95. The minimum atomic E-state index is -5.31. The first-order valence-corrected chi connectivity index (χ1v) is 5.27. The van der Waals surface area contributed by atoms with Gasteiger partial charge in [-0.1, -0.05) is 19.3 Å². The van der Waals surface area contributed by atoms with Gasteiger partial charge in [0, 0.05) is 5.92 Å². The van der Waals surface area contributed by atoms with Gasteiger partial charge in [0.2, 0.25) is 5.60 Å². The van der Waals surface area contributed by atoms with E-state index in [1.54, 1.807) is 0 Å². The van der Waals surface area contributed by atoms with Crippen molar-refractivity contribution in [3.63, 3.8) is 0 Å². The molecule has 1 saturated carbocycles. The molecule has 1 atom stereocenters. The first-order valence-electron chi connectivity index (χ1n) is 5.27. The van der Waals surface area contributed by atoms with Crippen molar-refractivity contribution < 1.29 is 27.1 Å². The monoisotopic (exact) mass is 246 g/mol. The third-order valence-electron chi connectivity index (χ3n) is 3.32. The fourth-order valence-corrected chi connectivity index (χ4v) is 2.05. The van der Waals surface area contributed by atoms with E-state index in [-0.39, 0.29) is 19.8 Å². The van der Waals surface area contributed by atoms with Gasteiger partial charge in [-0.3, -0.25) is 0 Å². The molecule has 0 aromatic rings. The molecule has 1 nitrogen and oxygen atoms in total. The quantitative estimate of drug-likeness (QED) is 0.739. The predicted octanol–water partition coefficient (Wildman–Crippen LogP) is 3.52. The highest BCUT2D eigenvalue weighted by molar-refractivity contribution is 4.99. The van der Waals surface area contributed by atoms with E-state index in [9.17, 15) is 22.0 Å². The second-order valence-electron chi connectivity index (χ2n) is 4.53. The van der Waals surface area contributed by atoms with Crippen LogP contribution in [-0.4, -0.2) is 22.8 Å². The molecule has 1 rings (SSSR count). The van der Waals surface area contributed by atoms with Crippen molar-refractivity contribution in [1.29, 1.82) is 0 Å². The summed E-state index contributed by atoms with van der Waals surface area (Å²) in [6.45, 7) is 0.154. The molecule has 0 aromatic heterocycles. The molecule has 6 heteroatoms. The van der Waals surface area contributed by atoms with Crippen molar-refractivity contribution in [2.24, 2.45) is 5.92 Å². The van der Waals surface area contributed by atoms with Gasteiger partial charge in [-0.25, -0.2) is 8.78 Å². The minimum absolute atomic E-state index is 0.0409. The molecular weight excluding hydrogens is 231 g/mol. The van der Waals surface area contributed by atoms with Gasteiger partial charge < -0.3 is 5.11 Å². The Bertz CT molecular complexity index is 240. The van der Waals surface area contributed by atoms with E-state index in [0.717, 1.165) is 6.42 Å². The van der Waals surface area contributed by atoms with Crippen molar-refractivity contribution >= 4 is 0 Å². The van der Waals surface area contributed by atoms with Crippen LogP contribution in [0, 0.1) is 5.92 Å². The molecule has 96 valence electrons. The standard InChI is InChI=1S/C10H15F5O/c1-8(16,10(13,14)15)9(11,12)7-5-3-2-4-6-7/h7,16H,2-6H2,1H3. The van der Waals surface area contributed by atoms with Gasteiger partial charge in [0.15, 0.2) is 0 Å². The van der Waals surface area contributed by atoms with Gasteiger partial charge in [-0.15, -0.1) is 0 Å². The number of alkyl halides is 5. The molecule has 0 bridgehead atoms. The van der Waals surface area contributed by atoms with Crippen LogP contribution in [0.25, 0.3) is 0 Å². The normalized spacial score (nSPS) is 24.2. The SMILES string of the molecule is CC(O)(C(F)(F)F)C(F)(F)C1CCCCC1. The topological polar surface area (TPSA) is 20.2 Å². The third-order valence-corrected chi connectivity index (χ3v) is 3.32. The van der Waals surface area contributed by atoms with E-state index >= 15 is 0 Å². The van der Waals surface area contributed by atoms with Crippen LogP contribution in [-0.2, 0) is 0 Å². The summed E-state index contributed by atoms with van der Waals surface area (Å²) in [4.78, 5) is 0. The van der Waals surface area contributed by atoms with Crippen LogP contribution in [0.1, 0.15) is 39.0 Å². The number of aliphatic hydroxyl groups is 1. The third kappa shape index (κ3) is 2.17. The Morgan fingerprint density at radius 2 is 1.38 bits per heavy atom. The lowest BCUT2D eigenvalue weighted by molar-refractivity contribution is -0.337. The average molecular weight is 246 g/mol. The maximum absolute atomic E-state index is 13.6. The lowest BCUT2D eigenvalue weighted by Gasteiger charge is -2.40. The van der Waals surface area contributed by atoms with E-state index in [4.69, 9.17) is 5.11 Å². The Labute approximate surface area is 90.6 Å². The van der Waals surface area contributed by atoms with Crippen LogP contribution >= 0.6 is 0 Å². The summed E-state index contributed by atoms with van der Waals surface area (Å²) >= 11 is 0. The Hall–Kier alpha value is -0.390. The molecule has 16 heavy (non-hydrogen) atoms. The number of rotatable bonds is 2. The smallest absolute Gasteiger partial charge is 0.376 e. The Morgan fingerprint density at radius 3 is 1.75 bits per heavy atom. The summed E-state index contributed by atoms with van der Waals surface area (Å²) in [7, 11) is 0. The zero-order valence-electron chi connectivity index (χ0n) is 8.95. The Kier molecular flexibility index (Phi) is 3.53. The molecule has 1 N–H and O–H groups in total. The number of halogens is 5. The fourth-order valence-electron chi connectivity index (χ4n) is 2.05. The van der Waals surface area contributed by atoms with Crippen LogP contribution < -0.4 is 0 Å². The van der Waals surface area contributed by atoms with Crippen LogP contribution in [0.15, 0.2) is 0 Å². The largest absolute Gasteiger partial charge is 0.422 e. The summed E-state index contributed by atoms with van der Waals surface area (Å²) in [5, 5.41) is 9.06. The van der Waals surface area contributed by atoms with E-state index in [0.29, 0.717) is 12.8 Å². The summed E-state index contributed by atoms with van der Waals surface area (Å²) in [6, 6.07) is 0. The van der Waals surface area contributed by atoms with E-state index in [1.807, 2.05) is 0 Å². The first kappa shape index (κ1) is 13.7. The van der Waals surface area contributed by atoms with Gasteiger partial charge in [0.25, 0.3) is 5.92 Å². The van der Waals surface area contributed by atoms with Gasteiger partial charge in [-0.2, -0.15) is 13.2 Å². The Morgan fingerprint density at radius 1 is 0.938 bits per heavy atom. The molecule has 1 aliphatic carbocycles. The maximum atomic E-state index is 13.6. The first-order chi connectivity index (χ1) is 7.11. The van der Waals surface area contributed by atoms with Gasteiger partial charge in [0.1, 0.15) is 0 Å². The van der Waals surface area contributed by atoms with Gasteiger partial charge in [-0.05, 0) is 19.8 Å². The molecule has 0 aromatic carbocycles. The minimum Gasteiger partial charge on any atom is -0.376 e.